The van der Waals surface area contributed by atoms with Crippen molar-refractivity contribution in [3.63, 3.8) is 0 Å². The lowest BCUT2D eigenvalue weighted by Crippen LogP contribution is -2.53. The van der Waals surface area contributed by atoms with Crippen molar-refractivity contribution >= 4 is 6.03 Å². The summed E-state index contributed by atoms with van der Waals surface area (Å²) in [6.07, 6.45) is 4.32. The third-order valence-corrected chi connectivity index (χ3v) is 5.11. The Hall–Kier alpha value is -2.41. The van der Waals surface area contributed by atoms with E-state index >= 15 is 0 Å². The number of likely N-dealkylation sites (tertiary alicyclic amines) is 1. The largest absolute Gasteiger partial charge is 0.394 e. The van der Waals surface area contributed by atoms with Gasteiger partial charge in [0.05, 0.1) is 30.1 Å². The molecule has 0 unspecified atom stereocenters. The number of carbonyl (C=O) groups excluding carboxylic acids is 1. The Kier molecular flexibility index (Phi) is 5.03. The second-order valence-electron chi connectivity index (χ2n) is 6.59. The quantitative estimate of drug-likeness (QED) is 0.872. The fourth-order valence-corrected chi connectivity index (χ4v) is 3.42. The first kappa shape index (κ1) is 17.4. The Morgan fingerprint density at radius 1 is 1.40 bits per heavy atom. The summed E-state index contributed by atoms with van der Waals surface area (Å²) in [7, 11) is 0. The fraction of sp³-hybridized carbons (Fsp3) is 0.500. The minimum atomic E-state index is -0.439. The molecule has 2 amide bonds. The molecule has 1 aromatic heterocycles. The molecule has 3 rings (SSSR count). The first-order chi connectivity index (χ1) is 12.1. The molecule has 2 heterocycles. The molecule has 7 heteroatoms. The molecule has 0 aliphatic carbocycles. The van der Waals surface area contributed by atoms with Crippen LogP contribution in [0.25, 0.3) is 5.69 Å². The third-order valence-electron chi connectivity index (χ3n) is 5.11. The Balaban J connectivity index is 1.69. The van der Waals surface area contributed by atoms with Gasteiger partial charge in [-0.3, -0.25) is 0 Å². The standard InChI is InChI=1S/C18H25N5O2/c1-3-18(13-24)10-7-11-22(18)17(25)19-14(2)16-12-23(21-20-16)15-8-5-4-6-9-15/h4-6,8-9,12,14,24H,3,7,10-11,13H2,1-2H3,(H,19,25)/t14-,18+/m1/s1. The molecule has 0 radical (unpaired) electrons. The molecule has 7 nitrogen and oxygen atoms in total. The number of hydrogen-bond acceptors (Lipinski definition) is 4. The van der Waals surface area contributed by atoms with Crippen molar-refractivity contribution in [3.8, 4) is 5.69 Å². The van der Waals surface area contributed by atoms with Crippen LogP contribution in [0.5, 0.6) is 0 Å². The van der Waals surface area contributed by atoms with Crippen molar-refractivity contribution in [1.82, 2.24) is 25.2 Å². The summed E-state index contributed by atoms with van der Waals surface area (Å²) in [6.45, 7) is 4.57. The number of carbonyl (C=O) groups is 1. The number of aliphatic hydroxyl groups excluding tert-OH is 1. The zero-order chi connectivity index (χ0) is 17.9. The van der Waals surface area contributed by atoms with Crippen molar-refractivity contribution in [3.05, 3.63) is 42.2 Å². The zero-order valence-electron chi connectivity index (χ0n) is 14.7. The Bertz CT molecular complexity index is 711. The van der Waals surface area contributed by atoms with E-state index in [1.54, 1.807) is 9.58 Å². The summed E-state index contributed by atoms with van der Waals surface area (Å²) < 4.78 is 1.69. The summed E-state index contributed by atoms with van der Waals surface area (Å²) in [5.41, 5.74) is 1.18. The van der Waals surface area contributed by atoms with E-state index in [9.17, 15) is 9.90 Å². The SMILES string of the molecule is CC[C@@]1(CO)CCCN1C(=O)N[C@H](C)c1cn(-c2ccccc2)nn1. The highest BCUT2D eigenvalue weighted by Crippen LogP contribution is 2.32. The molecule has 2 atom stereocenters. The zero-order valence-corrected chi connectivity index (χ0v) is 14.7. The van der Waals surface area contributed by atoms with Crippen LogP contribution in [0.4, 0.5) is 4.79 Å². The normalized spacial score (nSPS) is 21.3. The summed E-state index contributed by atoms with van der Waals surface area (Å²) in [5.74, 6) is 0. The van der Waals surface area contributed by atoms with Crippen molar-refractivity contribution in [2.24, 2.45) is 0 Å². The first-order valence-corrected chi connectivity index (χ1v) is 8.76. The van der Waals surface area contributed by atoms with E-state index in [4.69, 9.17) is 0 Å². The van der Waals surface area contributed by atoms with Crippen LogP contribution >= 0.6 is 0 Å². The monoisotopic (exact) mass is 343 g/mol. The summed E-state index contributed by atoms with van der Waals surface area (Å²) in [6, 6.07) is 9.30. The summed E-state index contributed by atoms with van der Waals surface area (Å²) >= 11 is 0. The van der Waals surface area contributed by atoms with E-state index < -0.39 is 5.54 Å². The average molecular weight is 343 g/mol. The molecular formula is C18H25N5O2. The van der Waals surface area contributed by atoms with Gasteiger partial charge in [-0.2, -0.15) is 0 Å². The van der Waals surface area contributed by atoms with Crippen molar-refractivity contribution in [2.75, 3.05) is 13.2 Å². The maximum atomic E-state index is 12.7. The number of nitrogens with one attached hydrogen (secondary N) is 1. The summed E-state index contributed by atoms with van der Waals surface area (Å²) in [4.78, 5) is 14.5. The van der Waals surface area contributed by atoms with Crippen LogP contribution < -0.4 is 5.32 Å². The molecule has 1 aromatic carbocycles. The number of nitrogens with zero attached hydrogens (tertiary/aromatic N) is 4. The van der Waals surface area contributed by atoms with Crippen LogP contribution in [0.1, 0.15) is 44.8 Å². The van der Waals surface area contributed by atoms with E-state index in [1.807, 2.05) is 50.4 Å². The van der Waals surface area contributed by atoms with Crippen LogP contribution in [-0.4, -0.2) is 49.7 Å². The molecule has 2 N–H and O–H groups in total. The van der Waals surface area contributed by atoms with Gasteiger partial charge in [0.2, 0.25) is 0 Å². The number of rotatable bonds is 5. The molecule has 1 aliphatic rings. The molecule has 1 fully saturated rings. The molecule has 0 bridgehead atoms. The lowest BCUT2D eigenvalue weighted by atomic mass is 9.94. The Labute approximate surface area is 147 Å². The molecule has 0 saturated carbocycles. The molecule has 2 aromatic rings. The Morgan fingerprint density at radius 2 is 2.16 bits per heavy atom. The number of urea groups is 1. The van der Waals surface area contributed by atoms with Gasteiger partial charge in [0.1, 0.15) is 5.69 Å². The predicted octanol–water partition coefficient (Wildman–Crippen LogP) is 2.27. The van der Waals surface area contributed by atoms with E-state index in [0.717, 1.165) is 24.9 Å². The number of hydrogen-bond donors (Lipinski definition) is 2. The van der Waals surface area contributed by atoms with Gasteiger partial charge in [-0.1, -0.05) is 30.3 Å². The number of aliphatic hydroxyl groups is 1. The van der Waals surface area contributed by atoms with Gasteiger partial charge in [-0.15, -0.1) is 5.10 Å². The van der Waals surface area contributed by atoms with E-state index in [2.05, 4.69) is 15.6 Å². The van der Waals surface area contributed by atoms with Gasteiger partial charge in [0, 0.05) is 6.54 Å². The van der Waals surface area contributed by atoms with E-state index in [-0.39, 0.29) is 18.7 Å². The third kappa shape index (κ3) is 3.37. The molecule has 0 spiro atoms. The summed E-state index contributed by atoms with van der Waals surface area (Å²) in [5, 5.41) is 21.1. The lowest BCUT2D eigenvalue weighted by Gasteiger charge is -2.36. The van der Waals surface area contributed by atoms with Gasteiger partial charge < -0.3 is 15.3 Å². The second kappa shape index (κ2) is 7.23. The van der Waals surface area contributed by atoms with Gasteiger partial charge >= 0.3 is 6.03 Å². The van der Waals surface area contributed by atoms with Crippen molar-refractivity contribution < 1.29 is 9.90 Å². The van der Waals surface area contributed by atoms with Crippen molar-refractivity contribution in [1.29, 1.82) is 0 Å². The van der Waals surface area contributed by atoms with Crippen LogP contribution in [-0.2, 0) is 0 Å². The van der Waals surface area contributed by atoms with Crippen molar-refractivity contribution in [2.45, 2.75) is 44.7 Å². The number of aromatic nitrogens is 3. The maximum absolute atomic E-state index is 12.7. The van der Waals surface area contributed by atoms with Crippen LogP contribution in [0.15, 0.2) is 36.5 Å². The maximum Gasteiger partial charge on any atom is 0.318 e. The second-order valence-corrected chi connectivity index (χ2v) is 6.59. The lowest BCUT2D eigenvalue weighted by molar-refractivity contribution is 0.0799. The molecule has 1 saturated heterocycles. The predicted molar refractivity (Wildman–Crippen MR) is 94.4 cm³/mol. The smallest absolute Gasteiger partial charge is 0.318 e. The van der Waals surface area contributed by atoms with E-state index in [1.165, 1.54) is 0 Å². The minimum absolute atomic E-state index is 0.00447. The van der Waals surface area contributed by atoms with Gasteiger partial charge in [-0.25, -0.2) is 9.48 Å². The number of para-hydroxylation sites is 1. The van der Waals surface area contributed by atoms with Crippen LogP contribution in [0.3, 0.4) is 0 Å². The average Bonchev–Trinajstić information content (AvgIpc) is 3.30. The van der Waals surface area contributed by atoms with Gasteiger partial charge in [-0.05, 0) is 38.3 Å². The molecule has 1 aliphatic heterocycles. The highest BCUT2D eigenvalue weighted by atomic mass is 16.3. The number of amides is 2. The molecule has 134 valence electrons. The highest BCUT2D eigenvalue weighted by molar-refractivity contribution is 5.76. The molecule has 25 heavy (non-hydrogen) atoms. The topological polar surface area (TPSA) is 83.3 Å². The molecular weight excluding hydrogens is 318 g/mol. The van der Waals surface area contributed by atoms with Gasteiger partial charge in [0.15, 0.2) is 0 Å². The Morgan fingerprint density at radius 3 is 2.84 bits per heavy atom. The van der Waals surface area contributed by atoms with Crippen LogP contribution in [0.2, 0.25) is 0 Å². The first-order valence-electron chi connectivity index (χ1n) is 8.76. The number of benzene rings is 1. The van der Waals surface area contributed by atoms with E-state index in [0.29, 0.717) is 12.2 Å². The highest BCUT2D eigenvalue weighted by Gasteiger charge is 2.42. The van der Waals surface area contributed by atoms with Crippen LogP contribution in [0, 0.1) is 0 Å². The fourth-order valence-electron chi connectivity index (χ4n) is 3.42. The minimum Gasteiger partial charge on any atom is -0.394 e. The van der Waals surface area contributed by atoms with Gasteiger partial charge in [0.25, 0.3) is 0 Å².